The molecule has 0 saturated heterocycles. The van der Waals surface area contributed by atoms with Crippen LogP contribution in [0.25, 0.3) is 0 Å². The molecule has 0 saturated carbocycles. The van der Waals surface area contributed by atoms with Crippen LogP contribution in [0.5, 0.6) is 0 Å². The summed E-state index contributed by atoms with van der Waals surface area (Å²) in [6.07, 6.45) is 14.0. The maximum absolute atomic E-state index is 5.93. The van der Waals surface area contributed by atoms with Gasteiger partial charge in [-0.2, -0.15) is 0 Å². The van der Waals surface area contributed by atoms with E-state index in [1.54, 1.807) is 0 Å². The molecule has 1 nitrogen and oxygen atoms in total. The number of unbranched alkanes of at least 4 members (excludes halogenated alkanes) is 9. The molecule has 0 unspecified atom stereocenters. The predicted octanol–water partition coefficient (Wildman–Crippen LogP) is 6.28. The first-order valence-electron chi connectivity index (χ1n) is 8.32. The molecule has 2 heteroatoms. The van der Waals surface area contributed by atoms with Crippen molar-refractivity contribution >= 4 is 17.4 Å². The van der Waals surface area contributed by atoms with Gasteiger partial charge in [-0.3, -0.25) is 0 Å². The third-order valence-electron chi connectivity index (χ3n) is 3.67. The molecular formula is C18H31NS. The molecule has 20 heavy (non-hydrogen) atoms. The Kier molecular flexibility index (Phi) is 10.6. The Balaban J connectivity index is 1.87. The number of nitrogens with two attached hydrogens (primary N) is 1. The highest BCUT2D eigenvalue weighted by Crippen LogP contribution is 2.25. The molecule has 0 aliphatic heterocycles. The van der Waals surface area contributed by atoms with Crippen LogP contribution in [0.3, 0.4) is 0 Å². The number of thioether (sulfide) groups is 1. The minimum atomic E-state index is 0.921. The lowest BCUT2D eigenvalue weighted by atomic mass is 10.1. The van der Waals surface area contributed by atoms with Gasteiger partial charge in [-0.1, -0.05) is 76.8 Å². The Morgan fingerprint density at radius 2 is 1.35 bits per heavy atom. The fourth-order valence-electron chi connectivity index (χ4n) is 2.38. The lowest BCUT2D eigenvalue weighted by Gasteiger charge is -2.05. The smallest absolute Gasteiger partial charge is 0.0452 e. The van der Waals surface area contributed by atoms with Crippen molar-refractivity contribution in [2.75, 3.05) is 11.5 Å². The van der Waals surface area contributed by atoms with Crippen LogP contribution in [-0.2, 0) is 0 Å². The lowest BCUT2D eigenvalue weighted by Crippen LogP contribution is -1.89. The van der Waals surface area contributed by atoms with E-state index in [9.17, 15) is 0 Å². The Labute approximate surface area is 129 Å². The number of hydrogen-bond donors (Lipinski definition) is 1. The van der Waals surface area contributed by atoms with Crippen molar-refractivity contribution < 1.29 is 0 Å². The van der Waals surface area contributed by atoms with E-state index in [0.717, 1.165) is 5.69 Å². The molecule has 0 atom stereocenters. The molecule has 1 aromatic rings. The molecule has 1 rings (SSSR count). The fourth-order valence-corrected chi connectivity index (χ4v) is 3.36. The number of rotatable bonds is 12. The zero-order valence-electron chi connectivity index (χ0n) is 13.1. The summed E-state index contributed by atoms with van der Waals surface area (Å²) in [6.45, 7) is 2.28. The van der Waals surface area contributed by atoms with E-state index >= 15 is 0 Å². The van der Waals surface area contributed by atoms with Crippen LogP contribution in [0.15, 0.2) is 29.2 Å². The van der Waals surface area contributed by atoms with Crippen LogP contribution in [0.2, 0.25) is 0 Å². The van der Waals surface area contributed by atoms with E-state index in [-0.39, 0.29) is 0 Å². The van der Waals surface area contributed by atoms with Gasteiger partial charge in [-0.05, 0) is 24.3 Å². The summed E-state index contributed by atoms with van der Waals surface area (Å²) in [5, 5.41) is 0. The summed E-state index contributed by atoms with van der Waals surface area (Å²) in [5.74, 6) is 1.20. The number of para-hydroxylation sites is 1. The van der Waals surface area contributed by atoms with Gasteiger partial charge in [0.1, 0.15) is 0 Å². The lowest BCUT2D eigenvalue weighted by molar-refractivity contribution is 0.563. The van der Waals surface area contributed by atoms with Gasteiger partial charge in [0.15, 0.2) is 0 Å². The topological polar surface area (TPSA) is 26.0 Å². The monoisotopic (exact) mass is 293 g/mol. The van der Waals surface area contributed by atoms with Gasteiger partial charge in [-0.15, -0.1) is 11.8 Å². The zero-order chi connectivity index (χ0) is 14.5. The maximum atomic E-state index is 5.93. The van der Waals surface area contributed by atoms with Crippen molar-refractivity contribution in [3.8, 4) is 0 Å². The SMILES string of the molecule is CCCCCCCCCCCCSc1ccccc1N. The summed E-state index contributed by atoms with van der Waals surface area (Å²) in [4.78, 5) is 1.24. The van der Waals surface area contributed by atoms with E-state index in [4.69, 9.17) is 5.73 Å². The molecule has 0 aliphatic carbocycles. The highest BCUT2D eigenvalue weighted by Gasteiger charge is 1.98. The first-order valence-corrected chi connectivity index (χ1v) is 9.30. The average Bonchev–Trinajstić information content (AvgIpc) is 2.46. The highest BCUT2D eigenvalue weighted by molar-refractivity contribution is 7.99. The second-order valence-electron chi connectivity index (χ2n) is 5.57. The molecule has 0 heterocycles. The van der Waals surface area contributed by atoms with Crippen molar-refractivity contribution in [3.63, 3.8) is 0 Å². The first kappa shape index (κ1) is 17.4. The Bertz CT molecular complexity index is 338. The highest BCUT2D eigenvalue weighted by atomic mass is 32.2. The molecule has 2 N–H and O–H groups in total. The third-order valence-corrected chi connectivity index (χ3v) is 4.85. The molecule has 0 amide bonds. The van der Waals surface area contributed by atoms with Gasteiger partial charge in [-0.25, -0.2) is 0 Å². The van der Waals surface area contributed by atoms with E-state index in [2.05, 4.69) is 19.1 Å². The van der Waals surface area contributed by atoms with Crippen molar-refractivity contribution in [2.24, 2.45) is 0 Å². The zero-order valence-corrected chi connectivity index (χ0v) is 13.9. The quantitative estimate of drug-likeness (QED) is 0.279. The fraction of sp³-hybridized carbons (Fsp3) is 0.667. The molecular weight excluding hydrogens is 262 g/mol. The number of anilines is 1. The summed E-state index contributed by atoms with van der Waals surface area (Å²) < 4.78 is 0. The van der Waals surface area contributed by atoms with E-state index in [1.165, 1.54) is 74.9 Å². The number of hydrogen-bond acceptors (Lipinski definition) is 2. The molecule has 0 radical (unpaired) electrons. The van der Waals surface area contributed by atoms with Crippen LogP contribution < -0.4 is 5.73 Å². The third kappa shape index (κ3) is 8.52. The standard InChI is InChI=1S/C18H31NS/c1-2-3-4-5-6-7-8-9-10-13-16-20-18-15-12-11-14-17(18)19/h11-12,14-15H,2-10,13,16,19H2,1H3. The van der Waals surface area contributed by atoms with Gasteiger partial charge in [0, 0.05) is 10.6 Å². The van der Waals surface area contributed by atoms with Crippen molar-refractivity contribution in [2.45, 2.75) is 76.0 Å². The van der Waals surface area contributed by atoms with Crippen LogP contribution in [0.4, 0.5) is 5.69 Å². The second kappa shape index (κ2) is 12.1. The van der Waals surface area contributed by atoms with E-state index < -0.39 is 0 Å². The van der Waals surface area contributed by atoms with Crippen LogP contribution in [0.1, 0.15) is 71.1 Å². The van der Waals surface area contributed by atoms with Gasteiger partial charge in [0.05, 0.1) is 0 Å². The molecule has 1 aromatic carbocycles. The molecule has 0 aromatic heterocycles. The summed E-state index contributed by atoms with van der Waals surface area (Å²) in [7, 11) is 0. The van der Waals surface area contributed by atoms with Crippen LogP contribution >= 0.6 is 11.8 Å². The predicted molar refractivity (Wildman–Crippen MR) is 93.4 cm³/mol. The summed E-state index contributed by atoms with van der Waals surface area (Å²) in [6, 6.07) is 8.17. The average molecular weight is 294 g/mol. The molecule has 0 bridgehead atoms. The largest absolute Gasteiger partial charge is 0.398 e. The van der Waals surface area contributed by atoms with Gasteiger partial charge in [0.2, 0.25) is 0 Å². The summed E-state index contributed by atoms with van der Waals surface area (Å²) >= 11 is 1.90. The van der Waals surface area contributed by atoms with Crippen LogP contribution in [-0.4, -0.2) is 5.75 Å². The van der Waals surface area contributed by atoms with Crippen LogP contribution in [0, 0.1) is 0 Å². The molecule has 0 spiro atoms. The van der Waals surface area contributed by atoms with Crippen molar-refractivity contribution in [3.05, 3.63) is 24.3 Å². The second-order valence-corrected chi connectivity index (χ2v) is 6.71. The normalized spacial score (nSPS) is 10.8. The molecule has 0 fully saturated rings. The Morgan fingerprint density at radius 3 is 1.95 bits per heavy atom. The maximum Gasteiger partial charge on any atom is 0.0452 e. The Hall–Kier alpha value is -0.630. The van der Waals surface area contributed by atoms with Gasteiger partial charge in [0.25, 0.3) is 0 Å². The minimum Gasteiger partial charge on any atom is -0.398 e. The number of benzene rings is 1. The van der Waals surface area contributed by atoms with E-state index in [0.29, 0.717) is 0 Å². The summed E-state index contributed by atoms with van der Waals surface area (Å²) in [5.41, 5.74) is 6.85. The molecule has 0 aliphatic rings. The first-order chi connectivity index (χ1) is 9.84. The minimum absolute atomic E-state index is 0.921. The van der Waals surface area contributed by atoms with E-state index in [1.807, 2.05) is 23.9 Å². The Morgan fingerprint density at radius 1 is 0.800 bits per heavy atom. The van der Waals surface area contributed by atoms with Crippen molar-refractivity contribution in [1.82, 2.24) is 0 Å². The molecule has 114 valence electrons. The van der Waals surface area contributed by atoms with Gasteiger partial charge < -0.3 is 5.73 Å². The number of nitrogen functional groups attached to an aromatic ring is 1. The van der Waals surface area contributed by atoms with Gasteiger partial charge >= 0.3 is 0 Å². The van der Waals surface area contributed by atoms with Crippen molar-refractivity contribution in [1.29, 1.82) is 0 Å².